The minimum Gasteiger partial charge on any atom is -0.489 e. The largest absolute Gasteiger partial charge is 0.489 e. The molecule has 8 heteroatoms. The molecule has 0 bridgehead atoms. The number of halogens is 3. The van der Waals surface area contributed by atoms with Crippen molar-refractivity contribution >= 4 is 9.84 Å². The van der Waals surface area contributed by atoms with Gasteiger partial charge in [0, 0.05) is 0 Å². The maximum absolute atomic E-state index is 12.7. The second-order valence-corrected chi connectivity index (χ2v) is 7.24. The monoisotopic (exact) mass is 360 g/mol. The normalized spacial score (nSPS) is 14.9. The van der Waals surface area contributed by atoms with Crippen LogP contribution in [0, 0.1) is 0 Å². The Morgan fingerprint density at radius 3 is 2.12 bits per heavy atom. The molecule has 0 spiro atoms. The molecule has 4 nitrogen and oxygen atoms in total. The fourth-order valence-corrected chi connectivity index (χ4v) is 3.24. The summed E-state index contributed by atoms with van der Waals surface area (Å²) in [5, 5.41) is 9.42. The van der Waals surface area contributed by atoms with Gasteiger partial charge in [0.2, 0.25) is 9.84 Å². The molecule has 2 rings (SSSR count). The van der Waals surface area contributed by atoms with Crippen LogP contribution in [0.3, 0.4) is 0 Å². The number of hydrogen-bond acceptors (Lipinski definition) is 4. The molecule has 130 valence electrons. The van der Waals surface area contributed by atoms with Crippen molar-refractivity contribution in [2.24, 2.45) is 0 Å². The minimum atomic E-state index is -4.90. The summed E-state index contributed by atoms with van der Waals surface area (Å²) in [5.74, 6) is -0.258. The van der Waals surface area contributed by atoms with E-state index in [9.17, 15) is 26.7 Å². The summed E-state index contributed by atoms with van der Waals surface area (Å²) >= 11 is 0. The molecule has 0 aliphatic rings. The van der Waals surface area contributed by atoms with Gasteiger partial charge in [0.1, 0.15) is 17.3 Å². The zero-order valence-electron chi connectivity index (χ0n) is 12.6. The molecule has 0 heterocycles. The van der Waals surface area contributed by atoms with Gasteiger partial charge in [0.15, 0.2) is 5.60 Å². The van der Waals surface area contributed by atoms with E-state index in [-0.39, 0.29) is 15.5 Å². The number of ether oxygens (including phenoxy) is 1. The van der Waals surface area contributed by atoms with Crippen LogP contribution in [0.1, 0.15) is 6.92 Å². The maximum atomic E-state index is 12.7. The van der Waals surface area contributed by atoms with E-state index < -0.39 is 28.2 Å². The van der Waals surface area contributed by atoms with Crippen molar-refractivity contribution < 1.29 is 31.4 Å². The van der Waals surface area contributed by atoms with Crippen LogP contribution in [0.5, 0.6) is 5.75 Å². The highest BCUT2D eigenvalue weighted by Gasteiger charge is 2.50. The van der Waals surface area contributed by atoms with Crippen LogP contribution in [0.25, 0.3) is 0 Å². The Hall–Kier alpha value is -2.06. The number of para-hydroxylation sites is 1. The van der Waals surface area contributed by atoms with Crippen LogP contribution in [-0.2, 0) is 9.84 Å². The maximum Gasteiger partial charge on any atom is 0.420 e. The van der Waals surface area contributed by atoms with Crippen molar-refractivity contribution in [2.45, 2.75) is 28.5 Å². The summed E-state index contributed by atoms with van der Waals surface area (Å²) < 4.78 is 68.3. The summed E-state index contributed by atoms with van der Waals surface area (Å²) in [4.78, 5) is -0.280. The van der Waals surface area contributed by atoms with Crippen LogP contribution < -0.4 is 4.74 Å². The Kier molecular flexibility index (Phi) is 4.91. The Morgan fingerprint density at radius 2 is 1.54 bits per heavy atom. The highest BCUT2D eigenvalue weighted by molar-refractivity contribution is 7.91. The van der Waals surface area contributed by atoms with E-state index in [1.165, 1.54) is 48.5 Å². The summed E-state index contributed by atoms with van der Waals surface area (Å²) in [6, 6.07) is 12.8. The highest BCUT2D eigenvalue weighted by atomic mass is 32.2. The van der Waals surface area contributed by atoms with E-state index in [2.05, 4.69) is 0 Å². The molecule has 1 atom stereocenters. The summed E-state index contributed by atoms with van der Waals surface area (Å²) in [6.45, 7) is -0.570. The first-order valence-electron chi connectivity index (χ1n) is 6.87. The van der Waals surface area contributed by atoms with E-state index in [4.69, 9.17) is 4.74 Å². The second kappa shape index (κ2) is 6.45. The van der Waals surface area contributed by atoms with Crippen molar-refractivity contribution in [2.75, 3.05) is 6.61 Å². The van der Waals surface area contributed by atoms with E-state index in [0.717, 1.165) is 0 Å². The third kappa shape index (κ3) is 3.70. The molecule has 1 unspecified atom stereocenters. The topological polar surface area (TPSA) is 63.6 Å². The van der Waals surface area contributed by atoms with Crippen LogP contribution in [-0.4, -0.2) is 31.9 Å². The van der Waals surface area contributed by atoms with Crippen molar-refractivity contribution in [3.8, 4) is 5.75 Å². The van der Waals surface area contributed by atoms with Crippen LogP contribution in [0.4, 0.5) is 13.2 Å². The van der Waals surface area contributed by atoms with Gasteiger partial charge in [-0.25, -0.2) is 8.42 Å². The molecule has 24 heavy (non-hydrogen) atoms. The molecule has 0 saturated carbocycles. The summed E-state index contributed by atoms with van der Waals surface area (Å²) in [6.07, 6.45) is -4.90. The van der Waals surface area contributed by atoms with Crippen LogP contribution >= 0.6 is 0 Å². The number of sulfone groups is 1. The Bertz CT molecular complexity index is 800. The van der Waals surface area contributed by atoms with Gasteiger partial charge in [-0.3, -0.25) is 0 Å². The molecule has 1 N–H and O–H groups in total. The SMILES string of the molecule is CC(O)(COc1ccccc1S(=O)(=O)c1ccccc1)C(F)(F)F. The molecule has 0 saturated heterocycles. The highest BCUT2D eigenvalue weighted by Crippen LogP contribution is 2.33. The van der Waals surface area contributed by atoms with Crippen molar-refractivity contribution in [3.05, 3.63) is 54.6 Å². The zero-order chi connectivity index (χ0) is 18.0. The van der Waals surface area contributed by atoms with Gasteiger partial charge in [0.05, 0.1) is 4.90 Å². The average Bonchev–Trinajstić information content (AvgIpc) is 2.53. The van der Waals surface area contributed by atoms with Gasteiger partial charge in [-0.1, -0.05) is 30.3 Å². The van der Waals surface area contributed by atoms with E-state index in [0.29, 0.717) is 6.92 Å². The Balaban J connectivity index is 2.36. The quantitative estimate of drug-likeness (QED) is 0.889. The van der Waals surface area contributed by atoms with Gasteiger partial charge in [-0.05, 0) is 31.2 Å². The minimum absolute atomic E-state index is 0.0105. The Labute approximate surface area is 137 Å². The smallest absolute Gasteiger partial charge is 0.420 e. The molecular weight excluding hydrogens is 345 g/mol. The van der Waals surface area contributed by atoms with E-state index in [1.54, 1.807) is 6.07 Å². The predicted octanol–water partition coefficient (Wildman–Crippen LogP) is 3.21. The van der Waals surface area contributed by atoms with Crippen molar-refractivity contribution in [1.29, 1.82) is 0 Å². The third-order valence-corrected chi connectivity index (χ3v) is 5.12. The summed E-state index contributed by atoms with van der Waals surface area (Å²) in [7, 11) is -3.96. The molecular formula is C16H15F3O4S. The lowest BCUT2D eigenvalue weighted by Crippen LogP contribution is -2.47. The lowest BCUT2D eigenvalue weighted by atomic mass is 10.1. The first kappa shape index (κ1) is 18.3. The predicted molar refractivity (Wildman–Crippen MR) is 80.5 cm³/mol. The third-order valence-electron chi connectivity index (χ3n) is 3.31. The standard InChI is InChI=1S/C16H15F3O4S/c1-15(20,16(17,18)19)11-23-13-9-5-6-10-14(13)24(21,22)12-7-3-2-4-8-12/h2-10,20H,11H2,1H3. The number of aliphatic hydroxyl groups is 1. The molecule has 0 aliphatic heterocycles. The molecule has 2 aromatic carbocycles. The molecule has 0 radical (unpaired) electrons. The van der Waals surface area contributed by atoms with Crippen molar-refractivity contribution in [3.63, 3.8) is 0 Å². The number of alkyl halides is 3. The van der Waals surface area contributed by atoms with Gasteiger partial charge < -0.3 is 9.84 Å². The first-order valence-corrected chi connectivity index (χ1v) is 8.35. The Morgan fingerprint density at radius 1 is 1.00 bits per heavy atom. The van der Waals surface area contributed by atoms with Gasteiger partial charge >= 0.3 is 6.18 Å². The van der Waals surface area contributed by atoms with Gasteiger partial charge in [-0.2, -0.15) is 13.2 Å². The summed E-state index contributed by atoms with van der Waals surface area (Å²) in [5.41, 5.74) is -3.10. The fourth-order valence-electron chi connectivity index (χ4n) is 1.82. The molecule has 0 aromatic heterocycles. The van der Waals surface area contributed by atoms with Crippen molar-refractivity contribution in [1.82, 2.24) is 0 Å². The fraction of sp³-hybridized carbons (Fsp3) is 0.250. The molecule has 0 amide bonds. The molecule has 0 aliphatic carbocycles. The second-order valence-electron chi connectivity index (χ2n) is 5.32. The first-order chi connectivity index (χ1) is 11.1. The number of benzene rings is 2. The molecule has 0 fully saturated rings. The lowest BCUT2D eigenvalue weighted by molar-refractivity contribution is -0.260. The van der Waals surface area contributed by atoms with Gasteiger partial charge in [-0.15, -0.1) is 0 Å². The van der Waals surface area contributed by atoms with Gasteiger partial charge in [0.25, 0.3) is 0 Å². The van der Waals surface area contributed by atoms with Crippen LogP contribution in [0.15, 0.2) is 64.4 Å². The number of hydrogen-bond donors (Lipinski definition) is 1. The molecule has 2 aromatic rings. The zero-order valence-corrected chi connectivity index (χ0v) is 13.4. The van der Waals surface area contributed by atoms with Crippen LogP contribution in [0.2, 0.25) is 0 Å². The average molecular weight is 360 g/mol. The number of rotatable bonds is 5. The lowest BCUT2D eigenvalue weighted by Gasteiger charge is -2.26. The van der Waals surface area contributed by atoms with E-state index >= 15 is 0 Å². The van der Waals surface area contributed by atoms with E-state index in [1.807, 2.05) is 0 Å².